The minimum absolute atomic E-state index is 0.0762. The predicted molar refractivity (Wildman–Crippen MR) is 81.9 cm³/mol. The Balaban J connectivity index is 2.35. The molecule has 2 heterocycles. The first kappa shape index (κ1) is 16.2. The van der Waals surface area contributed by atoms with E-state index < -0.39 is 18.6 Å². The van der Waals surface area contributed by atoms with Gasteiger partial charge >= 0.3 is 0 Å². The molecule has 0 spiro atoms. The summed E-state index contributed by atoms with van der Waals surface area (Å²) in [5.74, 6) is 0. The lowest BCUT2D eigenvalue weighted by molar-refractivity contribution is -0.00614. The van der Waals surface area contributed by atoms with Gasteiger partial charge < -0.3 is 14.0 Å². The van der Waals surface area contributed by atoms with Crippen molar-refractivity contribution in [3.8, 4) is 0 Å². The Labute approximate surface area is 130 Å². The molecule has 2 rings (SSSR count). The van der Waals surface area contributed by atoms with Crippen LogP contribution in [0.25, 0.3) is 5.65 Å². The normalized spacial score (nSPS) is 12.3. The number of fused-ring (bicyclic) bond motifs is 1. The molecule has 0 N–H and O–H groups in total. The molecule has 0 aliphatic heterocycles. The molecule has 0 aromatic carbocycles. The second-order valence-corrected chi connectivity index (χ2v) is 6.62. The van der Waals surface area contributed by atoms with Crippen molar-refractivity contribution in [2.24, 2.45) is 0 Å². The van der Waals surface area contributed by atoms with Crippen molar-refractivity contribution in [1.29, 1.82) is 0 Å². The van der Waals surface area contributed by atoms with E-state index in [1.54, 1.807) is 22.9 Å². The van der Waals surface area contributed by atoms with Gasteiger partial charge in [0.2, 0.25) is 0 Å². The molecule has 0 saturated heterocycles. The zero-order valence-corrected chi connectivity index (χ0v) is 13.8. The molecule has 21 heavy (non-hydrogen) atoms. The van der Waals surface area contributed by atoms with E-state index in [4.69, 9.17) is 4.74 Å². The molecule has 0 fully saturated rings. The summed E-state index contributed by atoms with van der Waals surface area (Å²) in [6.07, 6.45) is 2.78. The van der Waals surface area contributed by atoms with Crippen molar-refractivity contribution in [3.05, 3.63) is 29.1 Å². The van der Waals surface area contributed by atoms with Gasteiger partial charge in [0, 0.05) is 23.1 Å². The number of aromatic nitrogens is 2. The lowest BCUT2D eigenvalue weighted by Gasteiger charge is -2.29. The van der Waals surface area contributed by atoms with Gasteiger partial charge in [-0.1, -0.05) is 0 Å². The zero-order chi connectivity index (χ0) is 15.6. The fourth-order valence-corrected chi connectivity index (χ4v) is 2.31. The third kappa shape index (κ3) is 4.38. The van der Waals surface area contributed by atoms with Gasteiger partial charge in [0.15, 0.2) is 5.65 Å². The monoisotopic (exact) mass is 361 g/mol. The summed E-state index contributed by atoms with van der Waals surface area (Å²) in [7, 11) is 0. The van der Waals surface area contributed by atoms with Crippen LogP contribution in [0.1, 0.15) is 20.8 Å². The van der Waals surface area contributed by atoms with Gasteiger partial charge in [-0.15, -0.1) is 0 Å². The Kier molecular flexibility index (Phi) is 4.83. The molecule has 0 amide bonds. The van der Waals surface area contributed by atoms with Crippen molar-refractivity contribution in [2.75, 3.05) is 18.2 Å². The van der Waals surface area contributed by atoms with Gasteiger partial charge in [-0.2, -0.15) is 0 Å². The van der Waals surface area contributed by atoms with E-state index in [1.807, 2.05) is 27.0 Å². The molecule has 4 nitrogen and oxygen atoms in total. The molecule has 0 saturated carbocycles. The van der Waals surface area contributed by atoms with Crippen LogP contribution in [0.2, 0.25) is 0 Å². The largest absolute Gasteiger partial charge is 0.356 e. The van der Waals surface area contributed by atoms with Crippen molar-refractivity contribution in [3.63, 3.8) is 0 Å². The van der Waals surface area contributed by atoms with Crippen molar-refractivity contribution < 1.29 is 13.5 Å². The van der Waals surface area contributed by atoms with Gasteiger partial charge in [0.05, 0.1) is 17.8 Å². The minimum Gasteiger partial charge on any atom is -0.356 e. The van der Waals surface area contributed by atoms with Gasteiger partial charge in [0.1, 0.15) is 6.73 Å². The highest BCUT2D eigenvalue weighted by Crippen LogP contribution is 2.26. The number of ether oxygens (including phenoxy) is 1. The zero-order valence-electron chi connectivity index (χ0n) is 12.2. The van der Waals surface area contributed by atoms with E-state index in [-0.39, 0.29) is 6.73 Å². The summed E-state index contributed by atoms with van der Waals surface area (Å²) in [4.78, 5) is 5.74. The second-order valence-electron chi connectivity index (χ2n) is 5.70. The van der Waals surface area contributed by atoms with Crippen molar-refractivity contribution >= 4 is 27.3 Å². The Bertz CT molecular complexity index is 610. The molecular weight excluding hydrogens is 344 g/mol. The maximum absolute atomic E-state index is 12.9. The van der Waals surface area contributed by atoms with E-state index in [1.165, 1.54) is 4.90 Å². The molecule has 0 unspecified atom stereocenters. The first-order valence-electron chi connectivity index (χ1n) is 6.55. The highest BCUT2D eigenvalue weighted by Gasteiger charge is 2.20. The minimum atomic E-state index is -2.46. The molecule has 0 aliphatic carbocycles. The fourth-order valence-electron chi connectivity index (χ4n) is 1.87. The maximum atomic E-state index is 12.9. The average Bonchev–Trinajstić information content (AvgIpc) is 2.79. The standard InChI is InChI=1S/C14H18BrF2N3O/c1-14(2,3)21-9-20(8-12(16)17)11-6-10(15)7-19-5-4-18-13(11)19/h4-7,12H,8-9H2,1-3H3. The number of rotatable bonds is 5. The maximum Gasteiger partial charge on any atom is 0.255 e. The van der Waals surface area contributed by atoms with Gasteiger partial charge in [-0.25, -0.2) is 13.8 Å². The molecule has 2 aromatic rings. The topological polar surface area (TPSA) is 29.8 Å². The van der Waals surface area contributed by atoms with Gasteiger partial charge in [-0.3, -0.25) is 0 Å². The Morgan fingerprint density at radius 3 is 2.76 bits per heavy atom. The van der Waals surface area contributed by atoms with E-state index in [2.05, 4.69) is 20.9 Å². The van der Waals surface area contributed by atoms with Gasteiger partial charge in [-0.05, 0) is 42.8 Å². The van der Waals surface area contributed by atoms with Crippen LogP contribution in [0, 0.1) is 0 Å². The highest BCUT2D eigenvalue weighted by atomic mass is 79.9. The van der Waals surface area contributed by atoms with Crippen LogP contribution in [0.5, 0.6) is 0 Å². The summed E-state index contributed by atoms with van der Waals surface area (Å²) < 4.78 is 34.0. The summed E-state index contributed by atoms with van der Waals surface area (Å²) in [6.45, 7) is 5.33. The molecule has 2 aromatic heterocycles. The quantitative estimate of drug-likeness (QED) is 0.755. The summed E-state index contributed by atoms with van der Waals surface area (Å²) in [5.41, 5.74) is 0.827. The Morgan fingerprint density at radius 1 is 1.43 bits per heavy atom. The second kappa shape index (κ2) is 6.27. The van der Waals surface area contributed by atoms with E-state index in [0.717, 1.165) is 4.47 Å². The molecule has 0 radical (unpaired) electrons. The first-order valence-corrected chi connectivity index (χ1v) is 7.35. The highest BCUT2D eigenvalue weighted by molar-refractivity contribution is 9.10. The lowest BCUT2D eigenvalue weighted by atomic mass is 10.2. The fraction of sp³-hybridized carbons (Fsp3) is 0.500. The van der Waals surface area contributed by atoms with Crippen molar-refractivity contribution in [1.82, 2.24) is 9.38 Å². The van der Waals surface area contributed by atoms with Crippen LogP contribution >= 0.6 is 15.9 Å². The van der Waals surface area contributed by atoms with Crippen LogP contribution in [-0.4, -0.2) is 34.7 Å². The number of anilines is 1. The number of nitrogens with zero attached hydrogens (tertiary/aromatic N) is 3. The van der Waals surface area contributed by atoms with Gasteiger partial charge in [0.25, 0.3) is 6.43 Å². The van der Waals surface area contributed by atoms with E-state index in [9.17, 15) is 8.78 Å². The smallest absolute Gasteiger partial charge is 0.255 e. The molecule has 0 bridgehead atoms. The molecule has 7 heteroatoms. The predicted octanol–water partition coefficient (Wildman–Crippen LogP) is 3.94. The first-order chi connectivity index (χ1) is 9.76. The lowest BCUT2D eigenvalue weighted by Crippen LogP contribution is -2.35. The van der Waals surface area contributed by atoms with Crippen LogP contribution in [-0.2, 0) is 4.74 Å². The Morgan fingerprint density at radius 2 is 2.14 bits per heavy atom. The van der Waals surface area contributed by atoms with Crippen LogP contribution < -0.4 is 4.90 Å². The number of hydrogen-bond donors (Lipinski definition) is 0. The Hall–Kier alpha value is -1.21. The van der Waals surface area contributed by atoms with Crippen LogP contribution in [0.15, 0.2) is 29.1 Å². The number of halogens is 3. The number of pyridine rings is 1. The van der Waals surface area contributed by atoms with Crippen LogP contribution in [0.4, 0.5) is 14.5 Å². The van der Waals surface area contributed by atoms with E-state index in [0.29, 0.717) is 11.3 Å². The number of hydrogen-bond acceptors (Lipinski definition) is 3. The summed E-state index contributed by atoms with van der Waals surface area (Å²) in [5, 5.41) is 0. The number of imidazole rings is 1. The molecule has 116 valence electrons. The summed E-state index contributed by atoms with van der Waals surface area (Å²) in [6, 6.07) is 1.77. The number of alkyl halides is 2. The molecule has 0 aliphatic rings. The third-order valence-corrected chi connectivity index (χ3v) is 3.22. The molecular formula is C14H18BrF2N3O. The average molecular weight is 362 g/mol. The molecule has 0 atom stereocenters. The van der Waals surface area contributed by atoms with Crippen molar-refractivity contribution in [2.45, 2.75) is 32.8 Å². The third-order valence-electron chi connectivity index (χ3n) is 2.79. The van der Waals surface area contributed by atoms with Crippen LogP contribution in [0.3, 0.4) is 0 Å². The van der Waals surface area contributed by atoms with E-state index >= 15 is 0 Å². The SMILES string of the molecule is CC(C)(C)OCN(CC(F)F)c1cc(Br)cn2ccnc12. The summed E-state index contributed by atoms with van der Waals surface area (Å²) >= 11 is 3.39.